The van der Waals surface area contributed by atoms with Gasteiger partial charge in [-0.15, -0.1) is 0 Å². The molecule has 4 rings (SSSR count). The standard InChI is InChI=1S/C33H45N7O5/c1-24-17-25(9-10-29(41)42)19-35-30(24)39-12-14-40(15-13-39)31-36-20-28(21-37-31)27-8-6-7-26(18-27)22-38(5)23-44-16-11-34-32(43)45-33(2,3)4/h6-8,17-21H,9-16,22-23H2,1-5H3,(H,34,43)(H,41,42). The first-order valence-electron chi connectivity index (χ1n) is 15.3. The molecule has 2 N–H and O–H groups in total. The Balaban J connectivity index is 1.23. The molecular formula is C33H45N7O5. The first-order chi connectivity index (χ1) is 21.5. The van der Waals surface area contributed by atoms with Crippen molar-refractivity contribution in [3.8, 4) is 11.1 Å². The lowest BCUT2D eigenvalue weighted by atomic mass is 10.1. The summed E-state index contributed by atoms with van der Waals surface area (Å²) < 4.78 is 10.9. The zero-order valence-electron chi connectivity index (χ0n) is 27.0. The molecule has 0 saturated carbocycles. The van der Waals surface area contributed by atoms with E-state index in [0.29, 0.717) is 38.8 Å². The van der Waals surface area contributed by atoms with Gasteiger partial charge in [0.05, 0.1) is 13.3 Å². The van der Waals surface area contributed by atoms with E-state index in [4.69, 9.17) is 14.6 Å². The van der Waals surface area contributed by atoms with Crippen LogP contribution < -0.4 is 15.1 Å². The number of aromatic nitrogens is 3. The summed E-state index contributed by atoms with van der Waals surface area (Å²) in [5.41, 5.74) is 4.62. The molecule has 0 bridgehead atoms. The quantitative estimate of drug-likeness (QED) is 0.211. The maximum absolute atomic E-state index is 11.7. The van der Waals surface area contributed by atoms with Crippen molar-refractivity contribution in [2.24, 2.45) is 0 Å². The molecule has 0 radical (unpaired) electrons. The van der Waals surface area contributed by atoms with Crippen LogP contribution in [0, 0.1) is 6.92 Å². The number of nitrogens with zero attached hydrogens (tertiary/aromatic N) is 6. The second-order valence-corrected chi connectivity index (χ2v) is 12.3. The first-order valence-corrected chi connectivity index (χ1v) is 15.3. The van der Waals surface area contributed by atoms with Crippen LogP contribution >= 0.6 is 0 Å². The summed E-state index contributed by atoms with van der Waals surface area (Å²) in [5, 5.41) is 11.6. The average molecular weight is 620 g/mol. The molecule has 1 amide bonds. The van der Waals surface area contributed by atoms with Crippen LogP contribution in [-0.4, -0.2) is 95.7 Å². The minimum absolute atomic E-state index is 0.107. The molecule has 0 spiro atoms. The molecule has 242 valence electrons. The van der Waals surface area contributed by atoms with Crippen LogP contribution in [0.4, 0.5) is 16.6 Å². The number of carboxylic acid groups (broad SMARTS) is 1. The number of anilines is 2. The summed E-state index contributed by atoms with van der Waals surface area (Å²) in [7, 11) is 1.99. The Kier molecular flexibility index (Phi) is 11.7. The van der Waals surface area contributed by atoms with Crippen LogP contribution in [0.1, 0.15) is 43.9 Å². The molecule has 12 nitrogen and oxygen atoms in total. The number of carboxylic acids is 1. The summed E-state index contributed by atoms with van der Waals surface area (Å²) in [6.07, 6.45) is 5.68. The summed E-state index contributed by atoms with van der Waals surface area (Å²) in [6.45, 7) is 12.6. The molecule has 1 aliphatic heterocycles. The van der Waals surface area contributed by atoms with E-state index in [9.17, 15) is 9.59 Å². The van der Waals surface area contributed by atoms with E-state index in [2.05, 4.69) is 53.2 Å². The monoisotopic (exact) mass is 619 g/mol. The number of benzene rings is 1. The van der Waals surface area contributed by atoms with Crippen molar-refractivity contribution in [2.75, 3.05) is 62.9 Å². The van der Waals surface area contributed by atoms with Gasteiger partial charge in [0.15, 0.2) is 0 Å². The highest BCUT2D eigenvalue weighted by molar-refractivity contribution is 5.68. The fourth-order valence-corrected chi connectivity index (χ4v) is 5.06. The minimum atomic E-state index is -0.800. The third-order valence-corrected chi connectivity index (χ3v) is 7.17. The zero-order chi connectivity index (χ0) is 32.4. The van der Waals surface area contributed by atoms with E-state index in [-0.39, 0.29) is 6.42 Å². The summed E-state index contributed by atoms with van der Waals surface area (Å²) >= 11 is 0. The third-order valence-electron chi connectivity index (χ3n) is 7.17. The number of piperazine rings is 1. The Morgan fingerprint density at radius 3 is 2.36 bits per heavy atom. The number of rotatable bonds is 13. The van der Waals surface area contributed by atoms with Crippen molar-refractivity contribution < 1.29 is 24.2 Å². The fourth-order valence-electron chi connectivity index (χ4n) is 5.06. The molecule has 12 heteroatoms. The highest BCUT2D eigenvalue weighted by atomic mass is 16.6. The predicted octanol–water partition coefficient (Wildman–Crippen LogP) is 4.12. The Hall–Kier alpha value is -4.29. The second-order valence-electron chi connectivity index (χ2n) is 12.3. The Bertz CT molecular complexity index is 1420. The Morgan fingerprint density at radius 2 is 1.69 bits per heavy atom. The zero-order valence-corrected chi connectivity index (χ0v) is 27.0. The van der Waals surface area contributed by atoms with Gasteiger partial charge >= 0.3 is 12.1 Å². The van der Waals surface area contributed by atoms with Crippen molar-refractivity contribution in [2.45, 2.75) is 52.7 Å². The lowest BCUT2D eigenvalue weighted by Crippen LogP contribution is -2.47. The molecule has 3 aromatic rings. The average Bonchev–Trinajstić information content (AvgIpc) is 2.99. The fraction of sp³-hybridized carbons (Fsp3) is 0.485. The lowest BCUT2D eigenvalue weighted by Gasteiger charge is -2.36. The number of alkyl carbamates (subject to hydrolysis) is 1. The van der Waals surface area contributed by atoms with Crippen molar-refractivity contribution >= 4 is 23.8 Å². The predicted molar refractivity (Wildman–Crippen MR) is 173 cm³/mol. The van der Waals surface area contributed by atoms with E-state index < -0.39 is 17.7 Å². The van der Waals surface area contributed by atoms with Gasteiger partial charge in [0, 0.05) is 69.8 Å². The van der Waals surface area contributed by atoms with Gasteiger partial charge < -0.3 is 29.7 Å². The highest BCUT2D eigenvalue weighted by Gasteiger charge is 2.21. The lowest BCUT2D eigenvalue weighted by molar-refractivity contribution is -0.136. The number of hydrogen-bond donors (Lipinski definition) is 2. The van der Waals surface area contributed by atoms with Crippen LogP contribution in [0.3, 0.4) is 0 Å². The van der Waals surface area contributed by atoms with Crippen LogP contribution in [0.15, 0.2) is 48.9 Å². The number of aryl methyl sites for hydroxylation is 2. The van der Waals surface area contributed by atoms with Crippen LogP contribution in [0.25, 0.3) is 11.1 Å². The molecular weight excluding hydrogens is 574 g/mol. The maximum Gasteiger partial charge on any atom is 0.407 e. The number of carbonyl (C=O) groups excluding carboxylic acids is 1. The van der Waals surface area contributed by atoms with Crippen molar-refractivity contribution in [3.63, 3.8) is 0 Å². The molecule has 2 aromatic heterocycles. The van der Waals surface area contributed by atoms with E-state index in [1.165, 1.54) is 0 Å². The van der Waals surface area contributed by atoms with Gasteiger partial charge in [-0.3, -0.25) is 9.69 Å². The molecule has 1 saturated heterocycles. The summed E-state index contributed by atoms with van der Waals surface area (Å²) in [5.74, 6) is 0.851. The number of amides is 1. The van der Waals surface area contributed by atoms with Gasteiger partial charge in [0.25, 0.3) is 0 Å². The summed E-state index contributed by atoms with van der Waals surface area (Å²) in [6, 6.07) is 10.3. The molecule has 45 heavy (non-hydrogen) atoms. The number of ether oxygens (including phenoxy) is 2. The third kappa shape index (κ3) is 10.7. The second kappa shape index (κ2) is 15.6. The number of carbonyl (C=O) groups is 2. The Morgan fingerprint density at radius 1 is 0.978 bits per heavy atom. The van der Waals surface area contributed by atoms with Crippen molar-refractivity contribution in [3.05, 3.63) is 65.6 Å². The molecule has 1 aromatic carbocycles. The van der Waals surface area contributed by atoms with Gasteiger partial charge in [-0.1, -0.05) is 24.3 Å². The van der Waals surface area contributed by atoms with E-state index >= 15 is 0 Å². The van der Waals surface area contributed by atoms with Crippen molar-refractivity contribution in [1.82, 2.24) is 25.2 Å². The van der Waals surface area contributed by atoms with Crippen LogP contribution in [0.2, 0.25) is 0 Å². The number of pyridine rings is 1. The molecule has 0 unspecified atom stereocenters. The van der Waals surface area contributed by atoms with E-state index in [0.717, 1.165) is 59.8 Å². The normalized spacial score (nSPS) is 13.6. The van der Waals surface area contributed by atoms with Crippen LogP contribution in [-0.2, 0) is 27.2 Å². The molecule has 1 fully saturated rings. The maximum atomic E-state index is 11.7. The van der Waals surface area contributed by atoms with E-state index in [1.807, 2.05) is 59.3 Å². The topological polar surface area (TPSA) is 133 Å². The molecule has 0 atom stereocenters. The highest BCUT2D eigenvalue weighted by Crippen LogP contribution is 2.24. The van der Waals surface area contributed by atoms with Crippen LogP contribution in [0.5, 0.6) is 0 Å². The van der Waals surface area contributed by atoms with Gasteiger partial charge in [0.1, 0.15) is 11.4 Å². The Labute approximate surface area is 265 Å². The van der Waals surface area contributed by atoms with Gasteiger partial charge in [0.2, 0.25) is 5.95 Å². The SMILES string of the molecule is Cc1cc(CCC(=O)O)cnc1N1CCN(c2ncc(-c3cccc(CN(C)COCCNC(=O)OC(C)(C)C)c3)cn2)CC1. The first kappa shape index (κ1) is 33.6. The largest absolute Gasteiger partial charge is 0.481 e. The minimum Gasteiger partial charge on any atom is -0.481 e. The number of hydrogen-bond acceptors (Lipinski definition) is 10. The van der Waals surface area contributed by atoms with Gasteiger partial charge in [-0.05, 0) is 69.5 Å². The number of nitrogens with one attached hydrogen (secondary N) is 1. The van der Waals surface area contributed by atoms with Gasteiger partial charge in [-0.2, -0.15) is 0 Å². The smallest absolute Gasteiger partial charge is 0.407 e. The van der Waals surface area contributed by atoms with Gasteiger partial charge in [-0.25, -0.2) is 19.7 Å². The summed E-state index contributed by atoms with van der Waals surface area (Å²) in [4.78, 5) is 43.1. The molecule has 0 aliphatic carbocycles. The van der Waals surface area contributed by atoms with Crippen molar-refractivity contribution in [1.29, 1.82) is 0 Å². The molecule has 3 heterocycles. The number of aliphatic carboxylic acids is 1. The van der Waals surface area contributed by atoms with E-state index in [1.54, 1.807) is 6.20 Å². The molecule has 1 aliphatic rings.